The third-order valence-corrected chi connectivity index (χ3v) is 2.59. The van der Waals surface area contributed by atoms with E-state index in [2.05, 4.69) is 16.4 Å². The highest BCUT2D eigenvalue weighted by molar-refractivity contribution is 6.30. The largest absolute Gasteiger partial charge is 0.396 e. The summed E-state index contributed by atoms with van der Waals surface area (Å²) in [6, 6.07) is 11.3. The molecule has 18 heavy (non-hydrogen) atoms. The van der Waals surface area contributed by atoms with Crippen LogP contribution in [0, 0.1) is 11.3 Å². The molecule has 1 aromatic heterocycles. The summed E-state index contributed by atoms with van der Waals surface area (Å²) in [7, 11) is 0. The van der Waals surface area contributed by atoms with Gasteiger partial charge in [0.15, 0.2) is 5.82 Å². The summed E-state index contributed by atoms with van der Waals surface area (Å²) < 4.78 is 0. The van der Waals surface area contributed by atoms with Gasteiger partial charge in [0.05, 0.1) is 23.2 Å². The molecule has 0 radical (unpaired) electrons. The minimum atomic E-state index is 0.404. The second-order valence-electron chi connectivity index (χ2n) is 3.75. The number of nitrogen functional groups attached to an aromatic ring is 1. The maximum atomic E-state index is 8.58. The molecule has 5 heteroatoms. The standard InChI is InChI=1S/C13H11ClN4/c14-10-7-12(16)13(17-8-10)18-11-3-1-9(2-4-11)5-6-15/h1-4,7-8H,5,16H2,(H,17,18). The van der Waals surface area contributed by atoms with Gasteiger partial charge in [-0.15, -0.1) is 0 Å². The van der Waals surface area contributed by atoms with Crippen LogP contribution in [0.1, 0.15) is 5.56 Å². The van der Waals surface area contributed by atoms with E-state index in [1.807, 2.05) is 24.3 Å². The average Bonchev–Trinajstić information content (AvgIpc) is 2.35. The van der Waals surface area contributed by atoms with E-state index in [1.54, 1.807) is 6.07 Å². The van der Waals surface area contributed by atoms with E-state index in [9.17, 15) is 0 Å². The summed E-state index contributed by atoms with van der Waals surface area (Å²) in [6.45, 7) is 0. The molecule has 0 bridgehead atoms. The first kappa shape index (κ1) is 12.2. The van der Waals surface area contributed by atoms with Gasteiger partial charge in [0.2, 0.25) is 0 Å². The second-order valence-corrected chi connectivity index (χ2v) is 4.18. The molecule has 4 nitrogen and oxygen atoms in total. The molecule has 2 aromatic rings. The van der Waals surface area contributed by atoms with Crippen molar-refractivity contribution in [2.75, 3.05) is 11.1 Å². The molecule has 0 saturated heterocycles. The van der Waals surface area contributed by atoms with E-state index < -0.39 is 0 Å². The number of aromatic nitrogens is 1. The van der Waals surface area contributed by atoms with Crippen molar-refractivity contribution in [1.82, 2.24) is 4.98 Å². The smallest absolute Gasteiger partial charge is 0.153 e. The highest BCUT2D eigenvalue weighted by Gasteiger charge is 2.02. The summed E-state index contributed by atoms with van der Waals surface area (Å²) in [4.78, 5) is 4.11. The average molecular weight is 259 g/mol. The van der Waals surface area contributed by atoms with Crippen molar-refractivity contribution in [3.63, 3.8) is 0 Å². The maximum absolute atomic E-state index is 8.58. The number of hydrogen-bond acceptors (Lipinski definition) is 4. The molecule has 1 aromatic carbocycles. The number of benzene rings is 1. The topological polar surface area (TPSA) is 74.7 Å². The molecule has 0 atom stereocenters. The quantitative estimate of drug-likeness (QED) is 0.887. The fourth-order valence-corrected chi connectivity index (χ4v) is 1.66. The van der Waals surface area contributed by atoms with Crippen LogP contribution >= 0.6 is 11.6 Å². The molecular weight excluding hydrogens is 248 g/mol. The van der Waals surface area contributed by atoms with Crippen LogP contribution < -0.4 is 11.1 Å². The van der Waals surface area contributed by atoms with Gasteiger partial charge >= 0.3 is 0 Å². The van der Waals surface area contributed by atoms with Crippen LogP contribution in [0.2, 0.25) is 5.02 Å². The third kappa shape index (κ3) is 2.90. The molecule has 90 valence electrons. The number of halogens is 1. The Labute approximate surface area is 110 Å². The first-order chi connectivity index (χ1) is 8.69. The number of nitrogens with zero attached hydrogens (tertiary/aromatic N) is 2. The van der Waals surface area contributed by atoms with E-state index in [-0.39, 0.29) is 0 Å². The normalized spacial score (nSPS) is 9.78. The summed E-state index contributed by atoms with van der Waals surface area (Å²) in [5.41, 5.74) is 8.12. The van der Waals surface area contributed by atoms with Gasteiger partial charge in [0.1, 0.15) is 0 Å². The number of nitriles is 1. The van der Waals surface area contributed by atoms with Gasteiger partial charge < -0.3 is 11.1 Å². The molecule has 0 aliphatic heterocycles. The maximum Gasteiger partial charge on any atom is 0.153 e. The summed E-state index contributed by atoms with van der Waals surface area (Å²) >= 11 is 5.77. The van der Waals surface area contributed by atoms with Crippen LogP contribution in [0.5, 0.6) is 0 Å². The van der Waals surface area contributed by atoms with Gasteiger partial charge in [0, 0.05) is 11.9 Å². The zero-order valence-electron chi connectivity index (χ0n) is 9.52. The van der Waals surface area contributed by atoms with Crippen molar-refractivity contribution < 1.29 is 0 Å². The van der Waals surface area contributed by atoms with E-state index in [1.165, 1.54) is 6.20 Å². The van der Waals surface area contributed by atoms with Crippen molar-refractivity contribution in [2.24, 2.45) is 0 Å². The Balaban J connectivity index is 2.16. The zero-order chi connectivity index (χ0) is 13.0. The molecule has 0 fully saturated rings. The third-order valence-electron chi connectivity index (χ3n) is 2.38. The number of hydrogen-bond donors (Lipinski definition) is 2. The van der Waals surface area contributed by atoms with Crippen LogP contribution in [0.4, 0.5) is 17.2 Å². The molecule has 0 aliphatic rings. The Morgan fingerprint density at radius 2 is 2.06 bits per heavy atom. The minimum Gasteiger partial charge on any atom is -0.396 e. The Hall–Kier alpha value is -2.25. The van der Waals surface area contributed by atoms with E-state index >= 15 is 0 Å². The highest BCUT2D eigenvalue weighted by atomic mass is 35.5. The summed E-state index contributed by atoms with van der Waals surface area (Å²) in [5, 5.41) is 12.2. The fraction of sp³-hybridized carbons (Fsp3) is 0.0769. The Morgan fingerprint density at radius 3 is 2.67 bits per heavy atom. The zero-order valence-corrected chi connectivity index (χ0v) is 10.3. The summed E-state index contributed by atoms with van der Waals surface area (Å²) in [6.07, 6.45) is 1.94. The second kappa shape index (κ2) is 5.39. The van der Waals surface area contributed by atoms with Gasteiger partial charge in [-0.25, -0.2) is 4.98 Å². The Kier molecular flexibility index (Phi) is 3.66. The molecule has 0 aliphatic carbocycles. The van der Waals surface area contributed by atoms with Gasteiger partial charge in [-0.3, -0.25) is 0 Å². The predicted molar refractivity (Wildman–Crippen MR) is 72.7 cm³/mol. The first-order valence-corrected chi connectivity index (χ1v) is 5.71. The number of nitrogens with one attached hydrogen (secondary N) is 1. The van der Waals surface area contributed by atoms with Crippen LogP contribution in [-0.4, -0.2) is 4.98 Å². The van der Waals surface area contributed by atoms with Gasteiger partial charge in [-0.1, -0.05) is 23.7 Å². The van der Waals surface area contributed by atoms with Gasteiger partial charge in [0.25, 0.3) is 0 Å². The lowest BCUT2D eigenvalue weighted by Gasteiger charge is -2.08. The lowest BCUT2D eigenvalue weighted by molar-refractivity contribution is 1.26. The minimum absolute atomic E-state index is 0.404. The van der Waals surface area contributed by atoms with Crippen LogP contribution in [-0.2, 0) is 6.42 Å². The van der Waals surface area contributed by atoms with Crippen molar-refractivity contribution >= 4 is 28.8 Å². The van der Waals surface area contributed by atoms with Crippen molar-refractivity contribution in [1.29, 1.82) is 5.26 Å². The number of nitrogens with two attached hydrogens (primary N) is 1. The number of anilines is 3. The Bertz CT molecular complexity index is 587. The van der Waals surface area contributed by atoms with E-state index in [0.29, 0.717) is 22.9 Å². The summed E-state index contributed by atoms with van der Waals surface area (Å²) in [5.74, 6) is 0.562. The molecule has 0 saturated carbocycles. The van der Waals surface area contributed by atoms with Gasteiger partial charge in [-0.05, 0) is 23.8 Å². The number of rotatable bonds is 3. The van der Waals surface area contributed by atoms with Crippen LogP contribution in [0.25, 0.3) is 0 Å². The molecular formula is C13H11ClN4. The SMILES string of the molecule is N#CCc1ccc(Nc2ncc(Cl)cc2N)cc1. The van der Waals surface area contributed by atoms with Crippen molar-refractivity contribution in [3.05, 3.63) is 47.1 Å². The molecule has 0 unspecified atom stereocenters. The molecule has 0 amide bonds. The van der Waals surface area contributed by atoms with E-state index in [4.69, 9.17) is 22.6 Å². The van der Waals surface area contributed by atoms with Crippen molar-refractivity contribution in [3.8, 4) is 6.07 Å². The molecule has 0 spiro atoms. The number of pyridine rings is 1. The molecule has 3 N–H and O–H groups in total. The Morgan fingerprint density at radius 1 is 1.33 bits per heavy atom. The predicted octanol–water partition coefficient (Wildman–Crippen LogP) is 3.13. The molecule has 1 heterocycles. The van der Waals surface area contributed by atoms with Crippen molar-refractivity contribution in [2.45, 2.75) is 6.42 Å². The highest BCUT2D eigenvalue weighted by Crippen LogP contribution is 2.23. The first-order valence-electron chi connectivity index (χ1n) is 5.33. The lowest BCUT2D eigenvalue weighted by Crippen LogP contribution is -1.99. The van der Waals surface area contributed by atoms with Crippen LogP contribution in [0.15, 0.2) is 36.5 Å². The van der Waals surface area contributed by atoms with Gasteiger partial charge in [-0.2, -0.15) is 5.26 Å². The lowest BCUT2D eigenvalue weighted by atomic mass is 10.1. The van der Waals surface area contributed by atoms with E-state index in [0.717, 1.165) is 11.3 Å². The van der Waals surface area contributed by atoms with Crippen LogP contribution in [0.3, 0.4) is 0 Å². The monoisotopic (exact) mass is 258 g/mol. The fourth-order valence-electron chi connectivity index (χ4n) is 1.49. The molecule has 2 rings (SSSR count).